The highest BCUT2D eigenvalue weighted by Crippen LogP contribution is 2.07. The SMILES string of the molecule is C#Cc1nc(NCC(C)C)nc(NCC(C)C)n1. The highest BCUT2D eigenvalue weighted by molar-refractivity contribution is 5.37. The molecular formula is C13H21N5. The molecule has 1 rings (SSSR count). The Hall–Kier alpha value is -1.83. The summed E-state index contributed by atoms with van der Waals surface area (Å²) in [4.78, 5) is 12.6. The number of nitrogens with one attached hydrogen (secondary N) is 2. The third-order valence-corrected chi connectivity index (χ3v) is 2.10. The van der Waals surface area contributed by atoms with Crippen molar-refractivity contribution >= 4 is 11.9 Å². The summed E-state index contributed by atoms with van der Waals surface area (Å²) in [5.74, 6) is 4.88. The van der Waals surface area contributed by atoms with E-state index < -0.39 is 0 Å². The van der Waals surface area contributed by atoms with Crippen LogP contribution in [0.5, 0.6) is 0 Å². The average molecular weight is 247 g/mol. The van der Waals surface area contributed by atoms with Gasteiger partial charge in [-0.05, 0) is 17.8 Å². The Morgan fingerprint density at radius 3 is 1.72 bits per heavy atom. The van der Waals surface area contributed by atoms with Crippen LogP contribution in [0.2, 0.25) is 0 Å². The van der Waals surface area contributed by atoms with Crippen LogP contribution in [-0.2, 0) is 0 Å². The zero-order valence-corrected chi connectivity index (χ0v) is 11.5. The average Bonchev–Trinajstić information content (AvgIpc) is 2.33. The van der Waals surface area contributed by atoms with Crippen LogP contribution in [0.4, 0.5) is 11.9 Å². The van der Waals surface area contributed by atoms with Gasteiger partial charge in [-0.15, -0.1) is 6.42 Å². The standard InChI is InChI=1S/C13H21N5/c1-6-11-16-12(14-7-9(2)3)18-13(17-11)15-8-10(4)5/h1,9-10H,7-8H2,2-5H3,(H2,14,15,16,17,18). The molecule has 0 aromatic carbocycles. The maximum Gasteiger partial charge on any atom is 0.228 e. The largest absolute Gasteiger partial charge is 0.354 e. The van der Waals surface area contributed by atoms with Crippen LogP contribution in [0, 0.1) is 24.2 Å². The van der Waals surface area contributed by atoms with Gasteiger partial charge in [0.25, 0.3) is 0 Å². The second kappa shape index (κ2) is 6.80. The fourth-order valence-electron chi connectivity index (χ4n) is 1.19. The van der Waals surface area contributed by atoms with Crippen LogP contribution in [0.3, 0.4) is 0 Å². The van der Waals surface area contributed by atoms with Crippen molar-refractivity contribution in [3.8, 4) is 12.3 Å². The van der Waals surface area contributed by atoms with E-state index in [0.29, 0.717) is 29.6 Å². The highest BCUT2D eigenvalue weighted by Gasteiger charge is 2.05. The molecule has 1 heterocycles. The monoisotopic (exact) mass is 247 g/mol. The summed E-state index contributed by atoms with van der Waals surface area (Å²) in [6, 6.07) is 0. The number of hydrogen-bond donors (Lipinski definition) is 2. The Kier molecular flexibility index (Phi) is 5.37. The fraction of sp³-hybridized carbons (Fsp3) is 0.615. The Morgan fingerprint density at radius 1 is 0.944 bits per heavy atom. The predicted molar refractivity (Wildman–Crippen MR) is 74.4 cm³/mol. The Balaban J connectivity index is 2.78. The summed E-state index contributed by atoms with van der Waals surface area (Å²) in [6.07, 6.45) is 5.34. The molecule has 2 N–H and O–H groups in total. The summed E-state index contributed by atoms with van der Waals surface area (Å²) >= 11 is 0. The number of nitrogens with zero attached hydrogens (tertiary/aromatic N) is 3. The Labute approximate surface area is 109 Å². The minimum Gasteiger partial charge on any atom is -0.354 e. The molecule has 0 aliphatic rings. The number of aromatic nitrogens is 3. The topological polar surface area (TPSA) is 62.7 Å². The molecular weight excluding hydrogens is 226 g/mol. The van der Waals surface area contributed by atoms with E-state index in [1.165, 1.54) is 0 Å². The quantitative estimate of drug-likeness (QED) is 0.753. The van der Waals surface area contributed by atoms with Gasteiger partial charge in [0.05, 0.1) is 0 Å². The van der Waals surface area contributed by atoms with Gasteiger partial charge in [0.2, 0.25) is 17.7 Å². The Morgan fingerprint density at radius 2 is 1.39 bits per heavy atom. The van der Waals surface area contributed by atoms with Gasteiger partial charge in [-0.1, -0.05) is 27.7 Å². The van der Waals surface area contributed by atoms with Crippen LogP contribution in [-0.4, -0.2) is 28.0 Å². The molecule has 0 bridgehead atoms. The van der Waals surface area contributed by atoms with E-state index in [1.54, 1.807) is 0 Å². The smallest absolute Gasteiger partial charge is 0.228 e. The zero-order valence-electron chi connectivity index (χ0n) is 11.5. The normalized spacial score (nSPS) is 10.5. The van der Waals surface area contributed by atoms with E-state index in [4.69, 9.17) is 6.42 Å². The molecule has 1 aromatic heterocycles. The maximum absolute atomic E-state index is 5.34. The number of terminal acetylenes is 1. The zero-order chi connectivity index (χ0) is 13.5. The molecule has 0 spiro atoms. The molecule has 0 saturated carbocycles. The Bertz CT molecular complexity index is 390. The van der Waals surface area contributed by atoms with Crippen molar-refractivity contribution in [2.24, 2.45) is 11.8 Å². The molecule has 1 aromatic rings. The lowest BCUT2D eigenvalue weighted by atomic mass is 10.2. The van der Waals surface area contributed by atoms with Crippen LogP contribution in [0.15, 0.2) is 0 Å². The van der Waals surface area contributed by atoms with Crippen molar-refractivity contribution in [1.82, 2.24) is 15.0 Å². The third-order valence-electron chi connectivity index (χ3n) is 2.10. The number of rotatable bonds is 6. The molecule has 5 nitrogen and oxygen atoms in total. The highest BCUT2D eigenvalue weighted by atomic mass is 15.2. The number of anilines is 2. The summed E-state index contributed by atoms with van der Waals surface area (Å²) in [7, 11) is 0. The minimum absolute atomic E-state index is 0.350. The van der Waals surface area contributed by atoms with Gasteiger partial charge in [0.1, 0.15) is 0 Å². The maximum atomic E-state index is 5.34. The first kappa shape index (κ1) is 14.2. The lowest BCUT2D eigenvalue weighted by Gasteiger charge is -2.10. The first-order chi connectivity index (χ1) is 8.51. The molecule has 0 aliphatic carbocycles. The van der Waals surface area contributed by atoms with Gasteiger partial charge in [0.15, 0.2) is 0 Å². The summed E-state index contributed by atoms with van der Waals surface area (Å²) < 4.78 is 0. The van der Waals surface area contributed by atoms with E-state index in [1.807, 2.05) is 0 Å². The molecule has 0 amide bonds. The van der Waals surface area contributed by atoms with Gasteiger partial charge in [-0.25, -0.2) is 0 Å². The molecule has 18 heavy (non-hydrogen) atoms. The van der Waals surface area contributed by atoms with E-state index in [2.05, 4.69) is 59.2 Å². The summed E-state index contributed by atoms with van der Waals surface area (Å²) in [5.41, 5.74) is 0. The van der Waals surface area contributed by atoms with Crippen molar-refractivity contribution in [2.45, 2.75) is 27.7 Å². The predicted octanol–water partition coefficient (Wildman–Crippen LogP) is 1.99. The van der Waals surface area contributed by atoms with Crippen LogP contribution in [0.25, 0.3) is 0 Å². The number of hydrogen-bond acceptors (Lipinski definition) is 5. The first-order valence-electron chi connectivity index (χ1n) is 6.21. The van der Waals surface area contributed by atoms with Gasteiger partial charge in [-0.3, -0.25) is 0 Å². The van der Waals surface area contributed by atoms with Gasteiger partial charge < -0.3 is 10.6 Å². The molecule has 0 unspecified atom stereocenters. The third kappa shape index (κ3) is 5.00. The lowest BCUT2D eigenvalue weighted by molar-refractivity contribution is 0.678. The summed E-state index contributed by atoms with van der Waals surface area (Å²) in [6.45, 7) is 10.1. The van der Waals surface area contributed by atoms with E-state index >= 15 is 0 Å². The van der Waals surface area contributed by atoms with Crippen LogP contribution in [0.1, 0.15) is 33.5 Å². The van der Waals surface area contributed by atoms with Crippen molar-refractivity contribution < 1.29 is 0 Å². The first-order valence-corrected chi connectivity index (χ1v) is 6.21. The lowest BCUT2D eigenvalue weighted by Crippen LogP contribution is -2.15. The van der Waals surface area contributed by atoms with Crippen molar-refractivity contribution in [3.63, 3.8) is 0 Å². The molecule has 0 saturated heterocycles. The van der Waals surface area contributed by atoms with Gasteiger partial charge in [0, 0.05) is 13.1 Å². The van der Waals surface area contributed by atoms with Crippen LogP contribution >= 0.6 is 0 Å². The van der Waals surface area contributed by atoms with E-state index in [9.17, 15) is 0 Å². The fourth-order valence-corrected chi connectivity index (χ4v) is 1.19. The van der Waals surface area contributed by atoms with E-state index in [0.717, 1.165) is 13.1 Å². The summed E-state index contributed by atoms with van der Waals surface area (Å²) in [5, 5.41) is 6.30. The molecule has 0 aliphatic heterocycles. The molecule has 0 radical (unpaired) electrons. The molecule has 0 fully saturated rings. The molecule has 0 atom stereocenters. The minimum atomic E-state index is 0.350. The van der Waals surface area contributed by atoms with Gasteiger partial charge >= 0.3 is 0 Å². The van der Waals surface area contributed by atoms with Crippen molar-refractivity contribution in [2.75, 3.05) is 23.7 Å². The second-order valence-electron chi connectivity index (χ2n) is 5.00. The molecule has 5 heteroatoms. The van der Waals surface area contributed by atoms with Crippen LogP contribution < -0.4 is 10.6 Å². The van der Waals surface area contributed by atoms with E-state index in [-0.39, 0.29) is 0 Å². The van der Waals surface area contributed by atoms with Crippen molar-refractivity contribution in [1.29, 1.82) is 0 Å². The molecule has 98 valence electrons. The second-order valence-corrected chi connectivity index (χ2v) is 5.00. The van der Waals surface area contributed by atoms with Crippen molar-refractivity contribution in [3.05, 3.63) is 5.82 Å². The van der Waals surface area contributed by atoms with Gasteiger partial charge in [-0.2, -0.15) is 15.0 Å².